The Morgan fingerprint density at radius 1 is 1.25 bits per heavy atom. The van der Waals surface area contributed by atoms with Crippen molar-refractivity contribution in [3.05, 3.63) is 66.4 Å². The number of pyridine rings is 2. The van der Waals surface area contributed by atoms with Gasteiger partial charge in [-0.15, -0.1) is 0 Å². The van der Waals surface area contributed by atoms with Crippen LogP contribution in [0.15, 0.2) is 55.3 Å². The van der Waals surface area contributed by atoms with Crippen molar-refractivity contribution in [2.75, 3.05) is 0 Å². The van der Waals surface area contributed by atoms with Crippen molar-refractivity contribution in [1.82, 2.24) is 15.0 Å². The van der Waals surface area contributed by atoms with Crippen molar-refractivity contribution in [3.63, 3.8) is 0 Å². The van der Waals surface area contributed by atoms with E-state index in [4.69, 9.17) is 5.73 Å². The summed E-state index contributed by atoms with van der Waals surface area (Å²) in [6.45, 7) is 0. The van der Waals surface area contributed by atoms with Gasteiger partial charge in [-0.05, 0) is 18.2 Å². The van der Waals surface area contributed by atoms with E-state index in [1.165, 1.54) is 6.20 Å². The van der Waals surface area contributed by atoms with E-state index in [0.29, 0.717) is 22.3 Å². The number of fused-ring (bicyclic) bond motifs is 1. The first-order chi connectivity index (χ1) is 9.81. The van der Waals surface area contributed by atoms with Crippen molar-refractivity contribution < 1.29 is 4.79 Å². The number of allylic oxidation sites excluding steroid dienone is 1. The number of aromatic amines is 1. The maximum absolute atomic E-state index is 12.6. The zero-order chi connectivity index (χ0) is 13.9. The number of ketones is 1. The summed E-state index contributed by atoms with van der Waals surface area (Å²) in [5.74, 6) is -0.153. The normalized spacial score (nSPS) is 11.7. The Morgan fingerprint density at radius 2 is 2.10 bits per heavy atom. The minimum absolute atomic E-state index is 0.153. The first kappa shape index (κ1) is 12.1. The van der Waals surface area contributed by atoms with Gasteiger partial charge in [-0.2, -0.15) is 0 Å². The smallest absolute Gasteiger partial charge is 0.197 e. The molecule has 3 N–H and O–H groups in total. The highest BCUT2D eigenvalue weighted by molar-refractivity contribution is 6.32. The summed E-state index contributed by atoms with van der Waals surface area (Å²) in [6.07, 6.45) is 7.91. The van der Waals surface area contributed by atoms with Crippen LogP contribution >= 0.6 is 0 Å². The van der Waals surface area contributed by atoms with Crippen molar-refractivity contribution in [1.29, 1.82) is 0 Å². The van der Waals surface area contributed by atoms with Crippen LogP contribution < -0.4 is 5.73 Å². The number of carbonyl (C=O) groups excluding carboxylic acids is 1. The van der Waals surface area contributed by atoms with Gasteiger partial charge in [0.2, 0.25) is 0 Å². The monoisotopic (exact) mass is 264 g/mol. The van der Waals surface area contributed by atoms with Crippen molar-refractivity contribution >= 4 is 22.4 Å². The van der Waals surface area contributed by atoms with Crippen LogP contribution in [0.1, 0.15) is 15.9 Å². The Kier molecular flexibility index (Phi) is 3.01. The lowest BCUT2D eigenvalue weighted by molar-refractivity contribution is 0.105. The fourth-order valence-electron chi connectivity index (χ4n) is 2.11. The molecule has 0 unspecified atom stereocenters. The van der Waals surface area contributed by atoms with Gasteiger partial charge in [0.1, 0.15) is 5.65 Å². The van der Waals surface area contributed by atoms with E-state index in [0.717, 1.165) is 5.39 Å². The van der Waals surface area contributed by atoms with Crippen LogP contribution in [0.25, 0.3) is 16.6 Å². The Morgan fingerprint density at radius 3 is 2.85 bits per heavy atom. The standard InChI is InChI=1S/C15H12N4O/c16-7-12(10-3-1-5-17-8-10)14(20)13-9-19-15-11(13)4-2-6-18-15/h1-9H,16H2,(H,18,19). The molecule has 0 radical (unpaired) electrons. The van der Waals surface area contributed by atoms with Crippen LogP contribution in [-0.4, -0.2) is 20.7 Å². The van der Waals surface area contributed by atoms with E-state index < -0.39 is 0 Å². The van der Waals surface area contributed by atoms with Gasteiger partial charge in [-0.3, -0.25) is 9.78 Å². The van der Waals surface area contributed by atoms with E-state index >= 15 is 0 Å². The molecule has 20 heavy (non-hydrogen) atoms. The summed E-state index contributed by atoms with van der Waals surface area (Å²) in [7, 11) is 0. The average Bonchev–Trinajstić information content (AvgIpc) is 2.93. The molecule has 0 saturated carbocycles. The van der Waals surface area contributed by atoms with Gasteiger partial charge in [0.25, 0.3) is 0 Å². The second-order valence-electron chi connectivity index (χ2n) is 4.25. The second-order valence-corrected chi connectivity index (χ2v) is 4.25. The van der Waals surface area contributed by atoms with Crippen molar-refractivity contribution in [2.45, 2.75) is 0 Å². The Labute approximate surface area is 115 Å². The molecule has 0 amide bonds. The molecule has 0 aliphatic rings. The number of nitrogens with one attached hydrogen (secondary N) is 1. The molecule has 98 valence electrons. The summed E-state index contributed by atoms with van der Waals surface area (Å²) in [4.78, 5) is 23.8. The molecule has 0 aliphatic heterocycles. The molecule has 0 aliphatic carbocycles. The first-order valence-corrected chi connectivity index (χ1v) is 6.10. The van der Waals surface area contributed by atoms with Gasteiger partial charge in [-0.1, -0.05) is 6.07 Å². The Hall–Kier alpha value is -2.95. The minimum atomic E-state index is -0.153. The summed E-state index contributed by atoms with van der Waals surface area (Å²) in [6, 6.07) is 7.21. The van der Waals surface area contributed by atoms with E-state index in [2.05, 4.69) is 15.0 Å². The van der Waals surface area contributed by atoms with E-state index in [9.17, 15) is 4.79 Å². The van der Waals surface area contributed by atoms with E-state index in [1.54, 1.807) is 43.0 Å². The van der Waals surface area contributed by atoms with Gasteiger partial charge < -0.3 is 10.7 Å². The molecule has 3 aromatic rings. The fraction of sp³-hybridized carbons (Fsp3) is 0. The lowest BCUT2D eigenvalue weighted by atomic mass is 9.99. The number of H-pyrrole nitrogens is 1. The van der Waals surface area contributed by atoms with Crippen LogP contribution in [-0.2, 0) is 0 Å². The molecule has 3 rings (SSSR count). The predicted octanol–water partition coefficient (Wildman–Crippen LogP) is 2.14. The molecule has 0 aromatic carbocycles. The highest BCUT2D eigenvalue weighted by Crippen LogP contribution is 2.23. The average molecular weight is 264 g/mol. The molecule has 5 nitrogen and oxygen atoms in total. The third-order valence-electron chi connectivity index (χ3n) is 3.08. The van der Waals surface area contributed by atoms with Gasteiger partial charge >= 0.3 is 0 Å². The highest BCUT2D eigenvalue weighted by Gasteiger charge is 2.18. The molecule has 0 saturated heterocycles. The summed E-state index contributed by atoms with van der Waals surface area (Å²) < 4.78 is 0. The van der Waals surface area contributed by atoms with Crippen LogP contribution in [0.4, 0.5) is 0 Å². The number of aromatic nitrogens is 3. The van der Waals surface area contributed by atoms with Gasteiger partial charge in [0.05, 0.1) is 0 Å². The SMILES string of the molecule is NC=C(C(=O)c1c[nH]c2ncccc12)c1cccnc1. The number of rotatable bonds is 3. The zero-order valence-corrected chi connectivity index (χ0v) is 10.6. The number of hydrogen-bond acceptors (Lipinski definition) is 4. The molecule has 3 aromatic heterocycles. The number of carbonyl (C=O) groups is 1. The maximum Gasteiger partial charge on any atom is 0.197 e. The van der Waals surface area contributed by atoms with E-state index in [-0.39, 0.29) is 5.78 Å². The molecule has 0 bridgehead atoms. The quantitative estimate of drug-likeness (QED) is 0.560. The minimum Gasteiger partial charge on any atom is -0.404 e. The largest absolute Gasteiger partial charge is 0.404 e. The van der Waals surface area contributed by atoms with Crippen LogP contribution in [0.5, 0.6) is 0 Å². The molecule has 0 atom stereocenters. The van der Waals surface area contributed by atoms with E-state index in [1.807, 2.05) is 6.07 Å². The maximum atomic E-state index is 12.6. The van der Waals surface area contributed by atoms with Crippen molar-refractivity contribution in [2.24, 2.45) is 5.73 Å². The van der Waals surface area contributed by atoms with Crippen LogP contribution in [0.3, 0.4) is 0 Å². The zero-order valence-electron chi connectivity index (χ0n) is 10.6. The first-order valence-electron chi connectivity index (χ1n) is 6.10. The van der Waals surface area contributed by atoms with Crippen molar-refractivity contribution in [3.8, 4) is 0 Å². The van der Waals surface area contributed by atoms with Crippen LogP contribution in [0.2, 0.25) is 0 Å². The summed E-state index contributed by atoms with van der Waals surface area (Å²) in [5, 5.41) is 0.778. The highest BCUT2D eigenvalue weighted by atomic mass is 16.1. The number of hydrogen-bond donors (Lipinski definition) is 2. The van der Waals surface area contributed by atoms with Gasteiger partial charge in [0.15, 0.2) is 5.78 Å². The third kappa shape index (κ3) is 1.95. The fourth-order valence-corrected chi connectivity index (χ4v) is 2.11. The number of Topliss-reactive ketones (excluding diaryl/α,β-unsaturated/α-hetero) is 1. The summed E-state index contributed by atoms with van der Waals surface area (Å²) >= 11 is 0. The molecule has 0 spiro atoms. The van der Waals surface area contributed by atoms with Crippen LogP contribution in [0, 0.1) is 0 Å². The number of nitrogens with zero attached hydrogens (tertiary/aromatic N) is 2. The molecular formula is C15H12N4O. The molecule has 3 heterocycles. The van der Waals surface area contributed by atoms with Gasteiger partial charge in [0, 0.05) is 53.1 Å². The number of nitrogens with two attached hydrogens (primary N) is 1. The van der Waals surface area contributed by atoms with Gasteiger partial charge in [-0.25, -0.2) is 4.98 Å². The second kappa shape index (κ2) is 4.97. The molecule has 5 heteroatoms. The lowest BCUT2D eigenvalue weighted by Gasteiger charge is -2.04. The molecule has 0 fully saturated rings. The lowest BCUT2D eigenvalue weighted by Crippen LogP contribution is -2.04. The Bertz CT molecular complexity index is 790. The Balaban J connectivity index is 2.08. The third-order valence-corrected chi connectivity index (χ3v) is 3.08. The summed E-state index contributed by atoms with van der Waals surface area (Å²) in [5.41, 5.74) is 7.96. The predicted molar refractivity (Wildman–Crippen MR) is 76.8 cm³/mol. The topological polar surface area (TPSA) is 84.7 Å². The molecular weight excluding hydrogens is 252 g/mol.